The maximum Gasteiger partial charge on any atom is 0.0674 e. The Kier molecular flexibility index (Phi) is 6.97. The van der Waals surface area contributed by atoms with Crippen molar-refractivity contribution in [3.8, 4) is 0 Å². The highest BCUT2D eigenvalue weighted by atomic mass is 16.5. The summed E-state index contributed by atoms with van der Waals surface area (Å²) in [6.07, 6.45) is 6.20. The molecule has 0 aromatic carbocycles. The second kappa shape index (κ2) is 8.98. The Morgan fingerprint density at radius 2 is 1.54 bits per heavy atom. The summed E-state index contributed by atoms with van der Waals surface area (Å²) in [7, 11) is 0. The zero-order valence-electron chi connectivity index (χ0n) is 16.3. The van der Waals surface area contributed by atoms with Crippen molar-refractivity contribution in [2.24, 2.45) is 11.8 Å². The van der Waals surface area contributed by atoms with Gasteiger partial charge in [-0.1, -0.05) is 13.8 Å². The molecule has 1 aliphatic carbocycles. The molecule has 0 radical (unpaired) electrons. The molecule has 1 atom stereocenters. The minimum Gasteiger partial charge on any atom is -0.376 e. The highest BCUT2D eigenvalue weighted by molar-refractivity contribution is 4.84. The summed E-state index contributed by atoms with van der Waals surface area (Å²) < 4.78 is 5.64. The highest BCUT2D eigenvalue weighted by Gasteiger charge is 2.29. The molecule has 2 heterocycles. The molecular formula is C20H39N3O. The van der Waals surface area contributed by atoms with Crippen molar-refractivity contribution < 1.29 is 4.74 Å². The van der Waals surface area contributed by atoms with E-state index in [-0.39, 0.29) is 0 Å². The fourth-order valence-electron chi connectivity index (χ4n) is 4.86. The minimum absolute atomic E-state index is 0.413. The van der Waals surface area contributed by atoms with E-state index in [9.17, 15) is 0 Å². The quantitative estimate of drug-likeness (QED) is 0.767. The number of hydrogen-bond acceptors (Lipinski definition) is 4. The van der Waals surface area contributed by atoms with Gasteiger partial charge in [0.1, 0.15) is 0 Å². The number of piperazine rings is 1. The van der Waals surface area contributed by atoms with Crippen LogP contribution >= 0.6 is 0 Å². The van der Waals surface area contributed by atoms with E-state index in [2.05, 4.69) is 35.5 Å². The van der Waals surface area contributed by atoms with Crippen molar-refractivity contribution in [3.63, 3.8) is 0 Å². The summed E-state index contributed by atoms with van der Waals surface area (Å²) in [6.45, 7) is 17.7. The van der Waals surface area contributed by atoms with Crippen LogP contribution in [0.3, 0.4) is 0 Å². The maximum absolute atomic E-state index is 5.64. The van der Waals surface area contributed by atoms with Crippen molar-refractivity contribution in [1.82, 2.24) is 14.7 Å². The SMILES string of the molecule is CC1CN(CCN2CCN(C3CCC(C(C)C)CC3)CC2)CCO1. The van der Waals surface area contributed by atoms with E-state index in [1.807, 2.05) is 0 Å². The lowest BCUT2D eigenvalue weighted by molar-refractivity contribution is -0.0226. The fraction of sp³-hybridized carbons (Fsp3) is 1.00. The van der Waals surface area contributed by atoms with E-state index in [0.717, 1.165) is 37.6 Å². The lowest BCUT2D eigenvalue weighted by atomic mass is 9.79. The van der Waals surface area contributed by atoms with Crippen LogP contribution in [0.2, 0.25) is 0 Å². The molecule has 140 valence electrons. The van der Waals surface area contributed by atoms with Gasteiger partial charge in [0.15, 0.2) is 0 Å². The smallest absolute Gasteiger partial charge is 0.0674 e. The van der Waals surface area contributed by atoms with Crippen LogP contribution in [0.4, 0.5) is 0 Å². The lowest BCUT2D eigenvalue weighted by Gasteiger charge is -2.43. The minimum atomic E-state index is 0.413. The van der Waals surface area contributed by atoms with Crippen LogP contribution in [0.25, 0.3) is 0 Å². The molecule has 3 aliphatic rings. The molecule has 4 heteroatoms. The van der Waals surface area contributed by atoms with Gasteiger partial charge in [0, 0.05) is 58.4 Å². The van der Waals surface area contributed by atoms with Crippen molar-refractivity contribution in [2.75, 3.05) is 59.0 Å². The van der Waals surface area contributed by atoms with E-state index in [4.69, 9.17) is 4.74 Å². The van der Waals surface area contributed by atoms with Gasteiger partial charge >= 0.3 is 0 Å². The van der Waals surface area contributed by atoms with Gasteiger partial charge in [0.2, 0.25) is 0 Å². The van der Waals surface area contributed by atoms with Crippen molar-refractivity contribution >= 4 is 0 Å². The van der Waals surface area contributed by atoms with E-state index in [1.54, 1.807) is 0 Å². The van der Waals surface area contributed by atoms with Crippen LogP contribution in [0.1, 0.15) is 46.5 Å². The first-order chi connectivity index (χ1) is 11.6. The Morgan fingerprint density at radius 1 is 0.875 bits per heavy atom. The predicted octanol–water partition coefficient (Wildman–Crippen LogP) is 2.54. The number of morpholine rings is 1. The molecule has 0 aromatic heterocycles. The van der Waals surface area contributed by atoms with Crippen molar-refractivity contribution in [1.29, 1.82) is 0 Å². The number of nitrogens with zero attached hydrogens (tertiary/aromatic N) is 3. The summed E-state index contributed by atoms with van der Waals surface area (Å²) in [4.78, 5) is 8.05. The molecule has 3 rings (SSSR count). The van der Waals surface area contributed by atoms with E-state index < -0.39 is 0 Å². The van der Waals surface area contributed by atoms with Crippen LogP contribution in [-0.4, -0.2) is 85.8 Å². The predicted molar refractivity (Wildman–Crippen MR) is 100 cm³/mol. The zero-order chi connectivity index (χ0) is 16.9. The summed E-state index contributed by atoms with van der Waals surface area (Å²) in [5.74, 6) is 1.86. The maximum atomic E-state index is 5.64. The normalized spacial score (nSPS) is 34.8. The average Bonchev–Trinajstić information content (AvgIpc) is 2.61. The standard InChI is InChI=1S/C20H39N3O/c1-17(2)19-4-6-20(7-5-19)23-12-10-21(11-13-23)8-9-22-14-15-24-18(3)16-22/h17-20H,4-16H2,1-3H3. The van der Waals surface area contributed by atoms with Gasteiger partial charge in [-0.3, -0.25) is 14.7 Å². The number of rotatable bonds is 5. The fourth-order valence-corrected chi connectivity index (χ4v) is 4.86. The van der Waals surface area contributed by atoms with Crippen LogP contribution in [0.15, 0.2) is 0 Å². The van der Waals surface area contributed by atoms with Crippen LogP contribution < -0.4 is 0 Å². The third-order valence-electron chi connectivity index (χ3n) is 6.67. The molecule has 3 fully saturated rings. The Hall–Kier alpha value is -0.160. The summed E-state index contributed by atoms with van der Waals surface area (Å²) >= 11 is 0. The molecule has 1 saturated carbocycles. The number of hydrogen-bond donors (Lipinski definition) is 0. The largest absolute Gasteiger partial charge is 0.376 e. The van der Waals surface area contributed by atoms with Gasteiger partial charge in [0.05, 0.1) is 12.7 Å². The third kappa shape index (κ3) is 5.17. The molecule has 24 heavy (non-hydrogen) atoms. The summed E-state index contributed by atoms with van der Waals surface area (Å²) in [5.41, 5.74) is 0. The van der Waals surface area contributed by atoms with Crippen LogP contribution in [-0.2, 0) is 4.74 Å². The molecule has 2 aliphatic heterocycles. The molecular weight excluding hydrogens is 298 g/mol. The van der Waals surface area contributed by atoms with Gasteiger partial charge in [0.25, 0.3) is 0 Å². The van der Waals surface area contributed by atoms with Gasteiger partial charge in [-0.05, 0) is 44.4 Å². The third-order valence-corrected chi connectivity index (χ3v) is 6.67. The lowest BCUT2D eigenvalue weighted by Crippen LogP contribution is -2.53. The molecule has 0 spiro atoms. The molecule has 4 nitrogen and oxygen atoms in total. The second-order valence-electron chi connectivity index (χ2n) is 8.67. The van der Waals surface area contributed by atoms with Gasteiger partial charge in [-0.25, -0.2) is 0 Å². The first-order valence-corrected chi connectivity index (χ1v) is 10.4. The molecule has 0 N–H and O–H groups in total. The van der Waals surface area contributed by atoms with Gasteiger partial charge < -0.3 is 4.74 Å². The monoisotopic (exact) mass is 337 g/mol. The molecule has 1 unspecified atom stereocenters. The van der Waals surface area contributed by atoms with Gasteiger partial charge in [-0.2, -0.15) is 0 Å². The first kappa shape index (κ1) is 18.6. The Labute approximate surface area is 149 Å². The number of ether oxygens (including phenoxy) is 1. The van der Waals surface area contributed by atoms with Crippen molar-refractivity contribution in [2.45, 2.75) is 58.6 Å². The summed E-state index contributed by atoms with van der Waals surface area (Å²) in [6, 6.07) is 0.877. The first-order valence-electron chi connectivity index (χ1n) is 10.4. The second-order valence-corrected chi connectivity index (χ2v) is 8.67. The Bertz CT molecular complexity index is 360. The van der Waals surface area contributed by atoms with Gasteiger partial charge in [-0.15, -0.1) is 0 Å². The molecule has 2 saturated heterocycles. The van der Waals surface area contributed by atoms with Crippen LogP contribution in [0.5, 0.6) is 0 Å². The Morgan fingerprint density at radius 3 is 2.17 bits per heavy atom. The highest BCUT2D eigenvalue weighted by Crippen LogP contribution is 2.32. The van der Waals surface area contributed by atoms with E-state index in [1.165, 1.54) is 65.0 Å². The Balaban J connectivity index is 1.33. The van der Waals surface area contributed by atoms with Crippen LogP contribution in [0, 0.1) is 11.8 Å². The topological polar surface area (TPSA) is 19.0 Å². The van der Waals surface area contributed by atoms with Crippen molar-refractivity contribution in [3.05, 3.63) is 0 Å². The molecule has 0 bridgehead atoms. The molecule has 0 aromatic rings. The summed E-state index contributed by atoms with van der Waals surface area (Å²) in [5, 5.41) is 0. The molecule has 0 amide bonds. The average molecular weight is 338 g/mol. The van der Waals surface area contributed by atoms with E-state index in [0.29, 0.717) is 6.10 Å². The van der Waals surface area contributed by atoms with E-state index >= 15 is 0 Å². The zero-order valence-corrected chi connectivity index (χ0v) is 16.3.